The fourth-order valence-electron chi connectivity index (χ4n) is 4.20. The molecule has 128 valence electrons. The normalized spacial score (nSPS) is 33.2. The SMILES string of the molecule is C=C1C/C=C/C(C)(C)C[C@@H](OC(=O)c2ccccc2)[C@@]2(C)CC[C@H]12. The van der Waals surface area contributed by atoms with Crippen LogP contribution in [-0.2, 0) is 4.74 Å². The van der Waals surface area contributed by atoms with Crippen LogP contribution in [0.3, 0.4) is 0 Å². The first-order valence-electron chi connectivity index (χ1n) is 8.93. The van der Waals surface area contributed by atoms with Crippen LogP contribution in [0.15, 0.2) is 54.6 Å². The Morgan fingerprint density at radius 2 is 1.92 bits per heavy atom. The summed E-state index contributed by atoms with van der Waals surface area (Å²) in [4.78, 5) is 12.6. The lowest BCUT2D eigenvalue weighted by molar-refractivity contribution is -0.0860. The van der Waals surface area contributed by atoms with Crippen molar-refractivity contribution in [1.82, 2.24) is 0 Å². The van der Waals surface area contributed by atoms with Gasteiger partial charge in [0.05, 0.1) is 5.56 Å². The van der Waals surface area contributed by atoms with E-state index < -0.39 is 0 Å². The predicted octanol–water partition coefficient (Wildman–Crippen LogP) is 5.56. The molecule has 1 fully saturated rings. The molecule has 0 N–H and O–H groups in total. The Morgan fingerprint density at radius 3 is 2.54 bits per heavy atom. The van der Waals surface area contributed by atoms with Crippen molar-refractivity contribution >= 4 is 5.97 Å². The topological polar surface area (TPSA) is 26.3 Å². The largest absolute Gasteiger partial charge is 0.458 e. The maximum Gasteiger partial charge on any atom is 0.338 e. The molecule has 2 nitrogen and oxygen atoms in total. The molecule has 0 spiro atoms. The number of allylic oxidation sites excluding steroid dienone is 3. The lowest BCUT2D eigenvalue weighted by atomic mass is 9.54. The number of fused-ring (bicyclic) bond motifs is 1. The molecular formula is C22H28O2. The summed E-state index contributed by atoms with van der Waals surface area (Å²) in [6.45, 7) is 11.0. The van der Waals surface area contributed by atoms with E-state index >= 15 is 0 Å². The van der Waals surface area contributed by atoms with Gasteiger partial charge in [-0.25, -0.2) is 4.79 Å². The van der Waals surface area contributed by atoms with Crippen molar-refractivity contribution in [2.45, 2.75) is 52.6 Å². The zero-order chi connectivity index (χ0) is 17.4. The van der Waals surface area contributed by atoms with Gasteiger partial charge in [0.25, 0.3) is 0 Å². The van der Waals surface area contributed by atoms with Crippen molar-refractivity contribution in [1.29, 1.82) is 0 Å². The minimum atomic E-state index is -0.211. The van der Waals surface area contributed by atoms with Crippen LogP contribution in [0.2, 0.25) is 0 Å². The number of rotatable bonds is 2. The number of carbonyl (C=O) groups is 1. The van der Waals surface area contributed by atoms with Gasteiger partial charge in [0.2, 0.25) is 0 Å². The molecule has 2 aliphatic carbocycles. The first-order valence-corrected chi connectivity index (χ1v) is 8.93. The van der Waals surface area contributed by atoms with Crippen molar-refractivity contribution in [2.24, 2.45) is 16.7 Å². The minimum absolute atomic E-state index is 0.00478. The second-order valence-corrected chi connectivity index (χ2v) is 8.31. The van der Waals surface area contributed by atoms with Gasteiger partial charge in [-0.2, -0.15) is 0 Å². The Kier molecular flexibility index (Phi) is 4.42. The van der Waals surface area contributed by atoms with Crippen LogP contribution >= 0.6 is 0 Å². The molecule has 0 saturated heterocycles. The molecule has 0 unspecified atom stereocenters. The third kappa shape index (κ3) is 3.19. The van der Waals surface area contributed by atoms with Crippen LogP contribution in [0.4, 0.5) is 0 Å². The van der Waals surface area contributed by atoms with Crippen molar-refractivity contribution < 1.29 is 9.53 Å². The standard InChI is InChI=1S/C22H28O2/c1-16-9-8-13-21(2,3)15-19(22(4)14-12-18(16)22)24-20(23)17-10-6-5-7-11-17/h5-8,10-11,13,18-19H,1,9,12,14-15H2,2-4H3/b13-8+/t18-,19-,22+/m1/s1. The molecule has 0 amide bonds. The van der Waals surface area contributed by atoms with Crippen LogP contribution < -0.4 is 0 Å². The summed E-state index contributed by atoms with van der Waals surface area (Å²) < 4.78 is 6.08. The fourth-order valence-corrected chi connectivity index (χ4v) is 4.20. The maximum atomic E-state index is 12.6. The molecule has 0 heterocycles. The Labute approximate surface area is 145 Å². The molecule has 0 aromatic heterocycles. The zero-order valence-corrected chi connectivity index (χ0v) is 15.0. The molecule has 0 aliphatic heterocycles. The third-order valence-corrected chi connectivity index (χ3v) is 5.92. The van der Waals surface area contributed by atoms with Crippen LogP contribution in [0.1, 0.15) is 56.8 Å². The van der Waals surface area contributed by atoms with Crippen molar-refractivity contribution in [2.75, 3.05) is 0 Å². The molecule has 3 rings (SSSR count). The number of hydrogen-bond donors (Lipinski definition) is 0. The van der Waals surface area contributed by atoms with E-state index in [9.17, 15) is 4.79 Å². The highest BCUT2D eigenvalue weighted by atomic mass is 16.5. The molecule has 24 heavy (non-hydrogen) atoms. The Balaban J connectivity index is 1.88. The summed E-state index contributed by atoms with van der Waals surface area (Å²) >= 11 is 0. The number of benzene rings is 1. The molecule has 1 aromatic carbocycles. The zero-order valence-electron chi connectivity index (χ0n) is 15.0. The molecule has 2 aliphatic rings. The number of hydrogen-bond acceptors (Lipinski definition) is 2. The van der Waals surface area contributed by atoms with Crippen LogP contribution in [-0.4, -0.2) is 12.1 Å². The number of carbonyl (C=O) groups excluding carboxylic acids is 1. The minimum Gasteiger partial charge on any atom is -0.458 e. The second kappa shape index (κ2) is 6.23. The predicted molar refractivity (Wildman–Crippen MR) is 97.8 cm³/mol. The monoisotopic (exact) mass is 324 g/mol. The maximum absolute atomic E-state index is 12.6. The van der Waals surface area contributed by atoms with E-state index in [1.54, 1.807) is 0 Å². The summed E-state index contributed by atoms with van der Waals surface area (Å²) in [6.07, 6.45) is 8.45. The van der Waals surface area contributed by atoms with Gasteiger partial charge in [-0.15, -0.1) is 0 Å². The van der Waals surface area contributed by atoms with E-state index in [1.807, 2.05) is 30.3 Å². The average molecular weight is 324 g/mol. The van der Waals surface area contributed by atoms with Crippen LogP contribution in [0.5, 0.6) is 0 Å². The Morgan fingerprint density at radius 1 is 1.21 bits per heavy atom. The second-order valence-electron chi connectivity index (χ2n) is 8.31. The van der Waals surface area contributed by atoms with E-state index in [0.717, 1.165) is 25.7 Å². The van der Waals surface area contributed by atoms with Gasteiger partial charge in [-0.05, 0) is 49.1 Å². The first kappa shape index (κ1) is 17.0. The van der Waals surface area contributed by atoms with Gasteiger partial charge in [-0.1, -0.05) is 63.3 Å². The van der Waals surface area contributed by atoms with Gasteiger partial charge in [0, 0.05) is 5.41 Å². The van der Waals surface area contributed by atoms with E-state index in [0.29, 0.717) is 11.5 Å². The summed E-state index contributed by atoms with van der Waals surface area (Å²) in [7, 11) is 0. The lowest BCUT2D eigenvalue weighted by Crippen LogP contribution is -2.50. The van der Waals surface area contributed by atoms with E-state index in [4.69, 9.17) is 4.74 Å². The quantitative estimate of drug-likeness (QED) is 0.526. The number of esters is 1. The van der Waals surface area contributed by atoms with Gasteiger partial charge in [0.15, 0.2) is 0 Å². The summed E-state index contributed by atoms with van der Waals surface area (Å²) in [5.41, 5.74) is 1.92. The summed E-state index contributed by atoms with van der Waals surface area (Å²) in [5.74, 6) is 0.238. The smallest absolute Gasteiger partial charge is 0.338 e. The molecular weight excluding hydrogens is 296 g/mol. The Bertz CT molecular complexity index is 656. The first-order chi connectivity index (χ1) is 11.3. The fraction of sp³-hybridized carbons (Fsp3) is 0.500. The van der Waals surface area contributed by atoms with Crippen LogP contribution in [0.25, 0.3) is 0 Å². The van der Waals surface area contributed by atoms with Crippen molar-refractivity contribution in [3.8, 4) is 0 Å². The molecule has 3 atom stereocenters. The third-order valence-electron chi connectivity index (χ3n) is 5.92. The highest BCUT2D eigenvalue weighted by molar-refractivity contribution is 5.89. The summed E-state index contributed by atoms with van der Waals surface area (Å²) in [5, 5.41) is 0. The van der Waals surface area contributed by atoms with Gasteiger partial charge in [0.1, 0.15) is 6.10 Å². The molecule has 0 bridgehead atoms. The molecule has 0 radical (unpaired) electrons. The average Bonchev–Trinajstić information content (AvgIpc) is 2.54. The highest BCUT2D eigenvalue weighted by Gasteiger charge is 2.52. The molecule has 1 aromatic rings. The van der Waals surface area contributed by atoms with E-state index in [1.165, 1.54) is 5.57 Å². The van der Waals surface area contributed by atoms with Gasteiger partial charge in [-0.3, -0.25) is 0 Å². The Hall–Kier alpha value is -1.83. The van der Waals surface area contributed by atoms with E-state index in [2.05, 4.69) is 39.5 Å². The van der Waals surface area contributed by atoms with Crippen molar-refractivity contribution in [3.05, 3.63) is 60.2 Å². The van der Waals surface area contributed by atoms with Crippen molar-refractivity contribution in [3.63, 3.8) is 0 Å². The summed E-state index contributed by atoms with van der Waals surface area (Å²) in [6, 6.07) is 9.31. The molecule has 1 saturated carbocycles. The van der Waals surface area contributed by atoms with Gasteiger partial charge < -0.3 is 4.74 Å². The molecule has 2 heteroatoms. The highest BCUT2D eigenvalue weighted by Crippen LogP contribution is 2.56. The van der Waals surface area contributed by atoms with Gasteiger partial charge >= 0.3 is 5.97 Å². The van der Waals surface area contributed by atoms with E-state index in [-0.39, 0.29) is 22.9 Å². The lowest BCUT2D eigenvalue weighted by Gasteiger charge is -2.53. The van der Waals surface area contributed by atoms with Crippen LogP contribution in [0, 0.1) is 16.7 Å². The number of ether oxygens (including phenoxy) is 1.